The van der Waals surface area contributed by atoms with Gasteiger partial charge in [0.05, 0.1) is 17.4 Å². The Morgan fingerprint density at radius 2 is 2.10 bits per heavy atom. The molecular weight excluding hydrogens is 246 g/mol. The van der Waals surface area contributed by atoms with Gasteiger partial charge in [0.2, 0.25) is 0 Å². The van der Waals surface area contributed by atoms with Crippen molar-refractivity contribution in [1.29, 1.82) is 0 Å². The van der Waals surface area contributed by atoms with Crippen LogP contribution in [-0.2, 0) is 19.9 Å². The third-order valence-corrected chi connectivity index (χ3v) is 4.33. The van der Waals surface area contributed by atoms with Gasteiger partial charge in [0.1, 0.15) is 0 Å². The van der Waals surface area contributed by atoms with E-state index in [0.29, 0.717) is 6.04 Å². The van der Waals surface area contributed by atoms with E-state index in [4.69, 9.17) is 0 Å². The predicted octanol–water partition coefficient (Wildman–Crippen LogP) is 3.72. The Balaban J connectivity index is 1.97. The maximum absolute atomic E-state index is 4.53. The Morgan fingerprint density at radius 1 is 1.35 bits per heavy atom. The van der Waals surface area contributed by atoms with Gasteiger partial charge in [-0.1, -0.05) is 45.0 Å². The molecule has 20 heavy (non-hydrogen) atoms. The van der Waals surface area contributed by atoms with Gasteiger partial charge in [-0.2, -0.15) is 5.10 Å². The zero-order chi connectivity index (χ0) is 14.3. The summed E-state index contributed by atoms with van der Waals surface area (Å²) in [6, 6.07) is 9.14. The van der Waals surface area contributed by atoms with Crippen LogP contribution in [-0.4, -0.2) is 9.78 Å². The molecule has 0 saturated carbocycles. The van der Waals surface area contributed by atoms with Crippen molar-refractivity contribution in [3.05, 3.63) is 47.3 Å². The van der Waals surface area contributed by atoms with Gasteiger partial charge in [0.15, 0.2) is 0 Å². The number of aromatic nitrogens is 2. The van der Waals surface area contributed by atoms with Crippen LogP contribution in [0.5, 0.6) is 0 Å². The highest BCUT2D eigenvalue weighted by Crippen LogP contribution is 2.46. The first-order valence-corrected chi connectivity index (χ1v) is 7.38. The predicted molar refractivity (Wildman–Crippen MR) is 82.9 cm³/mol. The van der Waals surface area contributed by atoms with Gasteiger partial charge in [0.25, 0.3) is 0 Å². The molecule has 1 aromatic heterocycles. The minimum absolute atomic E-state index is 0.227. The van der Waals surface area contributed by atoms with Gasteiger partial charge in [0, 0.05) is 13.2 Å². The lowest BCUT2D eigenvalue weighted by molar-refractivity contribution is 0.337. The Bertz CT molecular complexity index is 625. The largest absolute Gasteiger partial charge is 0.375 e. The number of hydrogen-bond acceptors (Lipinski definition) is 2. The van der Waals surface area contributed by atoms with E-state index in [1.54, 1.807) is 0 Å². The first-order chi connectivity index (χ1) is 9.51. The third kappa shape index (κ3) is 2.11. The summed E-state index contributed by atoms with van der Waals surface area (Å²) in [6.45, 7) is 6.83. The zero-order valence-corrected chi connectivity index (χ0v) is 12.8. The third-order valence-electron chi connectivity index (χ3n) is 4.33. The molecular formula is C17H23N3. The van der Waals surface area contributed by atoms with Crippen LogP contribution >= 0.6 is 0 Å². The lowest BCUT2D eigenvalue weighted by Crippen LogP contribution is -2.24. The standard InChI is InChI=1S/C17H23N3/c1-5-14-15(11-20(4)19-14)18-16-13-9-7-6-8-12(13)10-17(16,2)3/h6-9,11,16,18H,5,10H2,1-4H3. The minimum atomic E-state index is 0.227. The Labute approximate surface area is 121 Å². The fraction of sp³-hybridized carbons (Fsp3) is 0.471. The molecule has 1 aliphatic rings. The van der Waals surface area contributed by atoms with E-state index in [9.17, 15) is 0 Å². The van der Waals surface area contributed by atoms with Crippen LogP contribution in [0.25, 0.3) is 0 Å². The summed E-state index contributed by atoms with van der Waals surface area (Å²) in [6.07, 6.45) is 4.18. The molecule has 1 aliphatic carbocycles. The van der Waals surface area contributed by atoms with Crippen molar-refractivity contribution in [1.82, 2.24) is 9.78 Å². The average Bonchev–Trinajstić information content (AvgIpc) is 2.88. The van der Waals surface area contributed by atoms with E-state index < -0.39 is 0 Å². The van der Waals surface area contributed by atoms with Crippen molar-refractivity contribution in [2.75, 3.05) is 5.32 Å². The molecule has 0 aliphatic heterocycles. The molecule has 1 aromatic carbocycles. The molecule has 0 amide bonds. The number of nitrogens with one attached hydrogen (secondary N) is 1. The molecule has 2 aromatic rings. The van der Waals surface area contributed by atoms with Crippen LogP contribution in [0.2, 0.25) is 0 Å². The van der Waals surface area contributed by atoms with Gasteiger partial charge in [-0.25, -0.2) is 0 Å². The van der Waals surface area contributed by atoms with E-state index in [1.807, 2.05) is 11.7 Å². The molecule has 1 unspecified atom stereocenters. The van der Waals surface area contributed by atoms with Crippen molar-refractivity contribution in [3.8, 4) is 0 Å². The molecule has 1 heterocycles. The Morgan fingerprint density at radius 3 is 2.85 bits per heavy atom. The van der Waals surface area contributed by atoms with Crippen LogP contribution in [0.1, 0.15) is 43.6 Å². The van der Waals surface area contributed by atoms with Gasteiger partial charge in [-0.15, -0.1) is 0 Å². The van der Waals surface area contributed by atoms with Crippen LogP contribution in [0, 0.1) is 5.41 Å². The second-order valence-electron chi connectivity index (χ2n) is 6.46. The fourth-order valence-electron chi connectivity index (χ4n) is 3.34. The number of hydrogen-bond donors (Lipinski definition) is 1. The van der Waals surface area contributed by atoms with Gasteiger partial charge in [-0.3, -0.25) is 4.68 Å². The summed E-state index contributed by atoms with van der Waals surface area (Å²) in [5, 5.41) is 8.27. The Kier molecular flexibility index (Phi) is 3.08. The second kappa shape index (κ2) is 4.65. The van der Waals surface area contributed by atoms with Gasteiger partial charge in [-0.05, 0) is 29.4 Å². The summed E-state index contributed by atoms with van der Waals surface area (Å²) in [4.78, 5) is 0. The van der Waals surface area contributed by atoms with Crippen LogP contribution in [0.15, 0.2) is 30.5 Å². The summed E-state index contributed by atoms with van der Waals surface area (Å²) in [5.41, 5.74) is 5.45. The number of aryl methyl sites for hydroxylation is 2. The number of nitrogens with zero attached hydrogens (tertiary/aromatic N) is 2. The van der Waals surface area contributed by atoms with E-state index in [1.165, 1.54) is 16.8 Å². The monoisotopic (exact) mass is 269 g/mol. The highest BCUT2D eigenvalue weighted by Gasteiger charge is 2.39. The molecule has 1 N–H and O–H groups in total. The molecule has 106 valence electrons. The van der Waals surface area contributed by atoms with Crippen LogP contribution < -0.4 is 5.32 Å². The van der Waals surface area contributed by atoms with Crippen LogP contribution in [0.4, 0.5) is 5.69 Å². The number of rotatable bonds is 3. The zero-order valence-electron chi connectivity index (χ0n) is 12.8. The summed E-state index contributed by atoms with van der Waals surface area (Å²) < 4.78 is 1.90. The molecule has 0 bridgehead atoms. The highest BCUT2D eigenvalue weighted by atomic mass is 15.3. The molecule has 3 nitrogen and oxygen atoms in total. The second-order valence-corrected chi connectivity index (χ2v) is 6.46. The first kappa shape index (κ1) is 13.2. The van der Waals surface area contributed by atoms with Crippen molar-refractivity contribution in [2.45, 2.75) is 39.7 Å². The molecule has 0 spiro atoms. The van der Waals surface area contributed by atoms with E-state index in [-0.39, 0.29) is 5.41 Å². The number of anilines is 1. The van der Waals surface area contributed by atoms with Crippen LogP contribution in [0.3, 0.4) is 0 Å². The molecule has 3 rings (SSSR count). The van der Waals surface area contributed by atoms with E-state index in [2.05, 4.69) is 61.6 Å². The normalized spacial score (nSPS) is 19.9. The summed E-state index contributed by atoms with van der Waals surface area (Å²) in [5.74, 6) is 0. The molecule has 0 radical (unpaired) electrons. The first-order valence-electron chi connectivity index (χ1n) is 7.38. The molecule has 1 atom stereocenters. The van der Waals surface area contributed by atoms with E-state index in [0.717, 1.165) is 18.5 Å². The fourth-order valence-corrected chi connectivity index (χ4v) is 3.34. The Hall–Kier alpha value is -1.77. The topological polar surface area (TPSA) is 29.9 Å². The lowest BCUT2D eigenvalue weighted by atomic mass is 9.85. The van der Waals surface area contributed by atoms with Gasteiger partial charge < -0.3 is 5.32 Å². The minimum Gasteiger partial charge on any atom is -0.375 e. The van der Waals surface area contributed by atoms with Gasteiger partial charge >= 0.3 is 0 Å². The summed E-state index contributed by atoms with van der Waals surface area (Å²) >= 11 is 0. The average molecular weight is 269 g/mol. The smallest absolute Gasteiger partial charge is 0.0853 e. The maximum Gasteiger partial charge on any atom is 0.0853 e. The quantitative estimate of drug-likeness (QED) is 0.920. The number of benzene rings is 1. The summed E-state index contributed by atoms with van der Waals surface area (Å²) in [7, 11) is 1.98. The van der Waals surface area contributed by atoms with Crippen molar-refractivity contribution in [2.24, 2.45) is 12.5 Å². The SMILES string of the molecule is CCc1nn(C)cc1NC1c2ccccc2CC1(C)C. The number of fused-ring (bicyclic) bond motifs is 1. The highest BCUT2D eigenvalue weighted by molar-refractivity contribution is 5.52. The molecule has 3 heteroatoms. The lowest BCUT2D eigenvalue weighted by Gasteiger charge is -2.29. The molecule has 0 fully saturated rings. The maximum atomic E-state index is 4.53. The molecule has 0 saturated heterocycles. The van der Waals surface area contributed by atoms with Crippen molar-refractivity contribution in [3.63, 3.8) is 0 Å². The van der Waals surface area contributed by atoms with Crippen molar-refractivity contribution < 1.29 is 0 Å². The van der Waals surface area contributed by atoms with E-state index >= 15 is 0 Å². The van der Waals surface area contributed by atoms with Crippen molar-refractivity contribution >= 4 is 5.69 Å².